The third kappa shape index (κ3) is 4.71. The molecule has 1 saturated heterocycles. The summed E-state index contributed by atoms with van der Waals surface area (Å²) in [5.41, 5.74) is 1.59. The van der Waals surface area contributed by atoms with Crippen LogP contribution in [-0.4, -0.2) is 70.5 Å². The number of H-pyrrole nitrogens is 1. The number of tetrazole rings is 1. The smallest absolute Gasteiger partial charge is 0.253 e. The zero-order chi connectivity index (χ0) is 26.9. The Kier molecular flexibility index (Phi) is 6.90. The zero-order valence-electron chi connectivity index (χ0n) is 22.1. The normalized spacial score (nSPS) is 17.6. The van der Waals surface area contributed by atoms with Crippen molar-refractivity contribution in [3.63, 3.8) is 0 Å². The fraction of sp³-hybridized carbons (Fsp3) is 0.429. The highest BCUT2D eigenvalue weighted by atomic mass is 19.1. The van der Waals surface area contributed by atoms with Gasteiger partial charge in [0.2, 0.25) is 0 Å². The molecule has 39 heavy (non-hydrogen) atoms. The van der Waals surface area contributed by atoms with Gasteiger partial charge in [-0.1, -0.05) is 25.0 Å². The lowest BCUT2D eigenvalue weighted by atomic mass is 10.0. The monoisotopic (exact) mass is 533 g/mol. The van der Waals surface area contributed by atoms with Crippen LogP contribution in [0.3, 0.4) is 0 Å². The second kappa shape index (κ2) is 10.6. The second-order valence-electron chi connectivity index (χ2n) is 10.1. The zero-order valence-corrected chi connectivity index (χ0v) is 22.1. The van der Waals surface area contributed by atoms with Crippen molar-refractivity contribution >= 4 is 16.6 Å². The number of ether oxygens (including phenoxy) is 2. The molecule has 1 atom stereocenters. The van der Waals surface area contributed by atoms with Gasteiger partial charge in [-0.05, 0) is 47.5 Å². The Morgan fingerprint density at radius 3 is 2.44 bits per heavy atom. The number of hydrogen-bond donors (Lipinski definition) is 1. The van der Waals surface area contributed by atoms with Gasteiger partial charge < -0.3 is 19.4 Å². The van der Waals surface area contributed by atoms with Crippen LogP contribution in [0.25, 0.3) is 10.9 Å². The number of para-hydroxylation sites is 1. The van der Waals surface area contributed by atoms with E-state index in [1.54, 1.807) is 32.4 Å². The summed E-state index contributed by atoms with van der Waals surface area (Å²) in [6.07, 6.45) is 4.29. The SMILES string of the molecule is COc1cc2cc([C@@H](c3nnnn3C3CCCC3)N3CCN(c4ccccc4F)CC3)c(=O)[nH]c2cc1OC. The summed E-state index contributed by atoms with van der Waals surface area (Å²) in [5, 5.41) is 13.7. The number of benzene rings is 2. The summed E-state index contributed by atoms with van der Waals surface area (Å²) in [7, 11) is 3.15. The Labute approximate surface area is 225 Å². The van der Waals surface area contributed by atoms with Gasteiger partial charge in [-0.15, -0.1) is 5.10 Å². The number of nitrogens with one attached hydrogen (secondary N) is 1. The van der Waals surface area contributed by atoms with Crippen LogP contribution < -0.4 is 19.9 Å². The molecule has 0 radical (unpaired) electrons. The molecule has 2 aliphatic rings. The molecule has 1 aliphatic heterocycles. The number of fused-ring (bicyclic) bond motifs is 1. The molecule has 1 aliphatic carbocycles. The van der Waals surface area contributed by atoms with Gasteiger partial charge in [0.25, 0.3) is 5.56 Å². The van der Waals surface area contributed by atoms with E-state index < -0.39 is 6.04 Å². The van der Waals surface area contributed by atoms with Crippen molar-refractivity contribution in [2.45, 2.75) is 37.8 Å². The third-order valence-electron chi connectivity index (χ3n) is 7.98. The molecule has 3 heterocycles. The molecule has 2 fully saturated rings. The van der Waals surface area contributed by atoms with Crippen LogP contribution in [0.5, 0.6) is 11.5 Å². The molecule has 0 amide bonds. The largest absolute Gasteiger partial charge is 0.493 e. The minimum absolute atomic E-state index is 0.209. The molecule has 10 nitrogen and oxygen atoms in total. The Balaban J connectivity index is 1.41. The number of nitrogens with zero attached hydrogens (tertiary/aromatic N) is 6. The Hall–Kier alpha value is -3.99. The molecule has 2 aromatic carbocycles. The number of anilines is 1. The van der Waals surface area contributed by atoms with E-state index >= 15 is 0 Å². The number of halogens is 1. The molecule has 204 valence electrons. The van der Waals surface area contributed by atoms with Gasteiger partial charge in [-0.2, -0.15) is 0 Å². The first kappa shape index (κ1) is 25.3. The molecule has 0 bridgehead atoms. The third-order valence-corrected chi connectivity index (χ3v) is 7.98. The van der Waals surface area contributed by atoms with E-state index in [1.165, 1.54) is 6.07 Å². The lowest BCUT2D eigenvalue weighted by Crippen LogP contribution is -2.49. The van der Waals surface area contributed by atoms with Crippen molar-refractivity contribution in [2.75, 3.05) is 45.3 Å². The minimum atomic E-state index is -0.468. The second-order valence-corrected chi connectivity index (χ2v) is 10.1. The van der Waals surface area contributed by atoms with Gasteiger partial charge in [0.05, 0.1) is 31.5 Å². The first-order valence-electron chi connectivity index (χ1n) is 13.4. The van der Waals surface area contributed by atoms with Crippen LogP contribution in [0.4, 0.5) is 10.1 Å². The number of aromatic nitrogens is 5. The first-order chi connectivity index (χ1) is 19.1. The van der Waals surface area contributed by atoms with Crippen molar-refractivity contribution in [1.82, 2.24) is 30.1 Å². The maximum atomic E-state index is 14.5. The van der Waals surface area contributed by atoms with E-state index in [0.29, 0.717) is 60.3 Å². The lowest BCUT2D eigenvalue weighted by molar-refractivity contribution is 0.196. The lowest BCUT2D eigenvalue weighted by Gasteiger charge is -2.39. The minimum Gasteiger partial charge on any atom is -0.493 e. The van der Waals surface area contributed by atoms with E-state index in [-0.39, 0.29) is 17.4 Å². The predicted octanol–water partition coefficient (Wildman–Crippen LogP) is 3.70. The van der Waals surface area contributed by atoms with Crippen LogP contribution in [0, 0.1) is 5.82 Å². The standard InChI is InChI=1S/C28H32FN7O3/c1-38-24-16-18-15-20(28(37)30-22(18)17-25(24)39-2)26(27-31-32-33-36(27)19-7-3-4-8-19)35-13-11-34(12-14-35)23-10-6-5-9-21(23)29/h5-6,9-10,15-17,19,26H,3-4,7-8,11-14H2,1-2H3,(H,30,37)/t26-/m0/s1. The highest BCUT2D eigenvalue weighted by molar-refractivity contribution is 5.83. The summed E-state index contributed by atoms with van der Waals surface area (Å²) >= 11 is 0. The molecule has 2 aromatic heterocycles. The van der Waals surface area contributed by atoms with Crippen LogP contribution in [0.1, 0.15) is 49.2 Å². The Bertz CT molecular complexity index is 1520. The predicted molar refractivity (Wildman–Crippen MR) is 145 cm³/mol. The Morgan fingerprint density at radius 2 is 1.72 bits per heavy atom. The molecule has 1 saturated carbocycles. The van der Waals surface area contributed by atoms with Crippen LogP contribution in [-0.2, 0) is 0 Å². The number of piperazine rings is 1. The maximum Gasteiger partial charge on any atom is 0.253 e. The molecule has 6 rings (SSSR count). The van der Waals surface area contributed by atoms with E-state index in [9.17, 15) is 9.18 Å². The molecule has 1 N–H and O–H groups in total. The summed E-state index contributed by atoms with van der Waals surface area (Å²) in [6, 6.07) is 12.1. The fourth-order valence-corrected chi connectivity index (χ4v) is 5.97. The molecule has 4 aromatic rings. The highest BCUT2D eigenvalue weighted by Gasteiger charge is 2.35. The Morgan fingerprint density at radius 1 is 1.00 bits per heavy atom. The molecule has 0 spiro atoms. The van der Waals surface area contributed by atoms with Crippen LogP contribution >= 0.6 is 0 Å². The first-order valence-corrected chi connectivity index (χ1v) is 13.4. The molecule has 0 unspecified atom stereocenters. The van der Waals surface area contributed by atoms with Gasteiger partial charge in [-0.3, -0.25) is 9.69 Å². The van der Waals surface area contributed by atoms with Crippen molar-refractivity contribution in [1.29, 1.82) is 0 Å². The molecule has 11 heteroatoms. The van der Waals surface area contributed by atoms with Gasteiger partial charge in [0, 0.05) is 43.2 Å². The summed E-state index contributed by atoms with van der Waals surface area (Å²) < 4.78 is 27.4. The average molecular weight is 534 g/mol. The van der Waals surface area contributed by atoms with Gasteiger partial charge in [-0.25, -0.2) is 9.07 Å². The van der Waals surface area contributed by atoms with Crippen LogP contribution in [0.15, 0.2) is 47.3 Å². The van der Waals surface area contributed by atoms with Crippen molar-refractivity contribution < 1.29 is 13.9 Å². The van der Waals surface area contributed by atoms with E-state index in [0.717, 1.165) is 31.1 Å². The van der Waals surface area contributed by atoms with Crippen molar-refractivity contribution in [2.24, 2.45) is 0 Å². The van der Waals surface area contributed by atoms with E-state index in [2.05, 4.69) is 25.4 Å². The van der Waals surface area contributed by atoms with E-state index in [1.807, 2.05) is 27.8 Å². The summed E-state index contributed by atoms with van der Waals surface area (Å²) in [5.74, 6) is 1.54. The fourth-order valence-electron chi connectivity index (χ4n) is 5.97. The molecular weight excluding hydrogens is 501 g/mol. The maximum absolute atomic E-state index is 14.5. The summed E-state index contributed by atoms with van der Waals surface area (Å²) in [6.45, 7) is 2.44. The van der Waals surface area contributed by atoms with Gasteiger partial charge in [0.15, 0.2) is 17.3 Å². The van der Waals surface area contributed by atoms with E-state index in [4.69, 9.17) is 9.47 Å². The number of aromatic amines is 1. The highest BCUT2D eigenvalue weighted by Crippen LogP contribution is 2.36. The van der Waals surface area contributed by atoms with Crippen LogP contribution in [0.2, 0.25) is 0 Å². The average Bonchev–Trinajstić information content (AvgIpc) is 3.66. The summed E-state index contributed by atoms with van der Waals surface area (Å²) in [4.78, 5) is 21.0. The number of hydrogen-bond acceptors (Lipinski definition) is 8. The van der Waals surface area contributed by atoms with Crippen molar-refractivity contribution in [3.8, 4) is 11.5 Å². The van der Waals surface area contributed by atoms with Gasteiger partial charge in [0.1, 0.15) is 11.9 Å². The van der Waals surface area contributed by atoms with Crippen molar-refractivity contribution in [3.05, 3.63) is 70.0 Å². The topological polar surface area (TPSA) is 101 Å². The van der Waals surface area contributed by atoms with Gasteiger partial charge >= 0.3 is 0 Å². The number of rotatable bonds is 7. The number of pyridine rings is 1. The number of methoxy groups -OCH3 is 2. The quantitative estimate of drug-likeness (QED) is 0.384. The molecular formula is C28H32FN7O3.